The van der Waals surface area contributed by atoms with Gasteiger partial charge >= 0.3 is 12.1 Å². The molecule has 6 nitrogen and oxygen atoms in total. The molecule has 0 aliphatic carbocycles. The van der Waals surface area contributed by atoms with E-state index in [1.165, 1.54) is 4.90 Å². The molecule has 0 radical (unpaired) electrons. The molecule has 0 aromatic heterocycles. The lowest BCUT2D eigenvalue weighted by Gasteiger charge is -2.26. The molecule has 108 valence electrons. The van der Waals surface area contributed by atoms with E-state index in [1.807, 2.05) is 0 Å². The van der Waals surface area contributed by atoms with E-state index in [0.29, 0.717) is 13.0 Å². The third-order valence-electron chi connectivity index (χ3n) is 3.37. The summed E-state index contributed by atoms with van der Waals surface area (Å²) in [6.45, 7) is 6.06. The second kappa shape index (κ2) is 7.11. The first kappa shape index (κ1) is 15.5. The van der Waals surface area contributed by atoms with Gasteiger partial charge in [0, 0.05) is 18.4 Å². The lowest BCUT2D eigenvalue weighted by molar-refractivity contribution is -0.149. The van der Waals surface area contributed by atoms with Crippen LogP contribution in [-0.4, -0.2) is 49.0 Å². The summed E-state index contributed by atoms with van der Waals surface area (Å²) in [6.07, 6.45) is 0.884. The fourth-order valence-electron chi connectivity index (χ4n) is 2.41. The molecule has 1 rings (SSSR count). The average molecular weight is 271 g/mol. The van der Waals surface area contributed by atoms with Gasteiger partial charge in [-0.3, -0.25) is 4.90 Å². The quantitative estimate of drug-likeness (QED) is 0.555. The van der Waals surface area contributed by atoms with Crippen molar-refractivity contribution in [3.63, 3.8) is 0 Å². The van der Waals surface area contributed by atoms with Gasteiger partial charge in [-0.1, -0.05) is 6.92 Å². The van der Waals surface area contributed by atoms with Crippen LogP contribution < -0.4 is 0 Å². The van der Waals surface area contributed by atoms with Crippen LogP contribution in [0.25, 0.3) is 0 Å². The number of carbonyl (C=O) groups is 3. The Kier molecular flexibility index (Phi) is 5.79. The number of nitrogens with zero attached hydrogens (tertiary/aromatic N) is 1. The van der Waals surface area contributed by atoms with Crippen LogP contribution in [0.4, 0.5) is 4.79 Å². The van der Waals surface area contributed by atoms with Crippen LogP contribution in [0.2, 0.25) is 0 Å². The van der Waals surface area contributed by atoms with Crippen molar-refractivity contribution in [3.8, 4) is 0 Å². The zero-order chi connectivity index (χ0) is 14.4. The zero-order valence-electron chi connectivity index (χ0n) is 11.6. The molecule has 0 aromatic carbocycles. The fourth-order valence-corrected chi connectivity index (χ4v) is 2.41. The number of rotatable bonds is 5. The maximum Gasteiger partial charge on any atom is 0.410 e. The number of esters is 1. The number of ether oxygens (including phenoxy) is 2. The molecule has 0 bridgehead atoms. The van der Waals surface area contributed by atoms with Crippen molar-refractivity contribution in [2.75, 3.05) is 19.8 Å². The molecular weight excluding hydrogens is 250 g/mol. The molecule has 3 atom stereocenters. The molecule has 0 saturated carbocycles. The number of hydrogen-bond acceptors (Lipinski definition) is 5. The summed E-state index contributed by atoms with van der Waals surface area (Å²) in [5, 5.41) is 0. The van der Waals surface area contributed by atoms with Crippen LogP contribution in [0.15, 0.2) is 0 Å². The zero-order valence-corrected chi connectivity index (χ0v) is 11.6. The number of hydrogen-bond donors (Lipinski definition) is 0. The molecule has 1 amide bonds. The van der Waals surface area contributed by atoms with Crippen LogP contribution in [0.3, 0.4) is 0 Å². The van der Waals surface area contributed by atoms with Gasteiger partial charge in [0.1, 0.15) is 12.3 Å². The largest absolute Gasteiger partial charge is 0.464 e. The maximum atomic E-state index is 12.0. The van der Waals surface area contributed by atoms with Crippen molar-refractivity contribution in [3.05, 3.63) is 0 Å². The average Bonchev–Trinajstić information content (AvgIpc) is 2.83. The Morgan fingerprint density at radius 3 is 2.47 bits per heavy atom. The Morgan fingerprint density at radius 1 is 1.32 bits per heavy atom. The Balaban J connectivity index is 2.89. The first-order chi connectivity index (χ1) is 9.06. The molecule has 0 spiro atoms. The highest BCUT2D eigenvalue weighted by Crippen LogP contribution is 2.31. The Hall–Kier alpha value is -1.59. The van der Waals surface area contributed by atoms with Crippen molar-refractivity contribution in [1.82, 2.24) is 4.90 Å². The monoisotopic (exact) mass is 271 g/mol. The molecule has 0 N–H and O–H groups in total. The SMILES string of the molecule is CCOC(=O)C1C(C(C)C=O)CCN1C(=O)OCC. The van der Waals surface area contributed by atoms with Crippen molar-refractivity contribution < 1.29 is 23.9 Å². The lowest BCUT2D eigenvalue weighted by Crippen LogP contribution is -2.45. The number of aldehydes is 1. The number of likely N-dealkylation sites (tertiary alicyclic amines) is 1. The molecule has 1 aliphatic rings. The first-order valence-electron chi connectivity index (χ1n) is 6.62. The minimum Gasteiger partial charge on any atom is -0.464 e. The molecule has 1 aliphatic heterocycles. The molecule has 1 fully saturated rings. The van der Waals surface area contributed by atoms with Crippen molar-refractivity contribution in [2.45, 2.75) is 33.2 Å². The smallest absolute Gasteiger partial charge is 0.410 e. The van der Waals surface area contributed by atoms with Crippen LogP contribution in [0.5, 0.6) is 0 Å². The van der Waals surface area contributed by atoms with Crippen molar-refractivity contribution in [1.29, 1.82) is 0 Å². The molecule has 0 aromatic rings. The normalized spacial score (nSPS) is 23.8. The van der Waals surface area contributed by atoms with Crippen molar-refractivity contribution in [2.24, 2.45) is 11.8 Å². The predicted molar refractivity (Wildman–Crippen MR) is 67.5 cm³/mol. The van der Waals surface area contributed by atoms with Gasteiger partial charge in [0.2, 0.25) is 0 Å². The lowest BCUT2D eigenvalue weighted by atomic mass is 9.88. The second-order valence-electron chi connectivity index (χ2n) is 4.54. The van der Waals surface area contributed by atoms with E-state index in [1.54, 1.807) is 20.8 Å². The fraction of sp³-hybridized carbons (Fsp3) is 0.769. The standard InChI is InChI=1S/C13H21NO5/c1-4-18-12(16)11-10(9(3)8-15)6-7-14(11)13(17)19-5-2/h8-11H,4-7H2,1-3H3. The van der Waals surface area contributed by atoms with E-state index in [4.69, 9.17) is 9.47 Å². The summed E-state index contributed by atoms with van der Waals surface area (Å²) in [4.78, 5) is 36.1. The highest BCUT2D eigenvalue weighted by Gasteiger charge is 2.45. The van der Waals surface area contributed by atoms with Crippen LogP contribution in [0.1, 0.15) is 27.2 Å². The van der Waals surface area contributed by atoms with Crippen LogP contribution in [0, 0.1) is 11.8 Å². The van der Waals surface area contributed by atoms with Crippen LogP contribution >= 0.6 is 0 Å². The maximum absolute atomic E-state index is 12.0. The van der Waals surface area contributed by atoms with Gasteiger partial charge in [0.15, 0.2) is 0 Å². The van der Waals surface area contributed by atoms with E-state index in [9.17, 15) is 14.4 Å². The topological polar surface area (TPSA) is 72.9 Å². The van der Waals surface area contributed by atoms with E-state index >= 15 is 0 Å². The van der Waals surface area contributed by atoms with E-state index in [-0.39, 0.29) is 25.0 Å². The molecule has 19 heavy (non-hydrogen) atoms. The highest BCUT2D eigenvalue weighted by molar-refractivity contribution is 5.83. The minimum atomic E-state index is -0.723. The Morgan fingerprint density at radius 2 is 1.95 bits per heavy atom. The van der Waals surface area contributed by atoms with Gasteiger partial charge in [0.05, 0.1) is 13.2 Å². The van der Waals surface area contributed by atoms with Gasteiger partial charge in [-0.05, 0) is 20.3 Å². The van der Waals surface area contributed by atoms with E-state index in [0.717, 1.165) is 6.29 Å². The summed E-state index contributed by atoms with van der Waals surface area (Å²) in [7, 11) is 0. The molecule has 3 unspecified atom stereocenters. The van der Waals surface area contributed by atoms with Crippen LogP contribution in [-0.2, 0) is 19.1 Å². The first-order valence-corrected chi connectivity index (χ1v) is 6.62. The van der Waals surface area contributed by atoms with Crippen molar-refractivity contribution >= 4 is 18.3 Å². The third kappa shape index (κ3) is 3.45. The Bertz CT molecular complexity index is 344. The summed E-state index contributed by atoms with van der Waals surface area (Å²) < 4.78 is 9.94. The van der Waals surface area contributed by atoms with Gasteiger partial charge < -0.3 is 14.3 Å². The van der Waals surface area contributed by atoms with Gasteiger partial charge in [-0.15, -0.1) is 0 Å². The second-order valence-corrected chi connectivity index (χ2v) is 4.54. The predicted octanol–water partition coefficient (Wildman–Crippen LogP) is 1.23. The summed E-state index contributed by atoms with van der Waals surface area (Å²) in [5.74, 6) is -0.971. The van der Waals surface area contributed by atoms with E-state index in [2.05, 4.69) is 0 Å². The highest BCUT2D eigenvalue weighted by atomic mass is 16.6. The van der Waals surface area contributed by atoms with E-state index < -0.39 is 18.1 Å². The molecule has 1 heterocycles. The number of carbonyl (C=O) groups excluding carboxylic acids is 3. The molecular formula is C13H21NO5. The third-order valence-corrected chi connectivity index (χ3v) is 3.37. The summed E-state index contributed by atoms with van der Waals surface area (Å²) in [5.41, 5.74) is 0. The van der Waals surface area contributed by atoms with Gasteiger partial charge in [-0.25, -0.2) is 9.59 Å². The Labute approximate surface area is 113 Å². The van der Waals surface area contributed by atoms with Gasteiger partial charge in [0.25, 0.3) is 0 Å². The molecule has 6 heteroatoms. The minimum absolute atomic E-state index is 0.207. The van der Waals surface area contributed by atoms with Gasteiger partial charge in [-0.2, -0.15) is 0 Å². The summed E-state index contributed by atoms with van der Waals surface area (Å²) >= 11 is 0. The molecule has 1 saturated heterocycles. The number of amides is 1. The summed E-state index contributed by atoms with van der Waals surface area (Å²) in [6, 6.07) is -0.723.